The van der Waals surface area contributed by atoms with Crippen molar-refractivity contribution in [3.05, 3.63) is 40.0 Å². The molecule has 1 heterocycles. The minimum atomic E-state index is -0.0966. The van der Waals surface area contributed by atoms with Gasteiger partial charge < -0.3 is 5.32 Å². The first-order chi connectivity index (χ1) is 8.47. The largest absolute Gasteiger partial charge is 0.329 e. The molecule has 2 aliphatic rings. The molecule has 94 valence electrons. The standard InChI is InChI=1S/C15H16ClNO/c1-15(2)8-13(18)17-12-6-3-9-7-10(16)4-5-11(9)14(12)15/h4-5,7H,3,6,8H2,1-2H3,(H,17,18). The molecular formula is C15H16ClNO. The van der Waals surface area contributed by atoms with Gasteiger partial charge in [-0.05, 0) is 41.7 Å². The van der Waals surface area contributed by atoms with Crippen molar-refractivity contribution in [3.63, 3.8) is 0 Å². The molecular weight excluding hydrogens is 246 g/mol. The number of nitrogens with one attached hydrogen (secondary N) is 1. The zero-order valence-corrected chi connectivity index (χ0v) is 11.4. The van der Waals surface area contributed by atoms with E-state index in [1.165, 1.54) is 16.7 Å². The number of carbonyl (C=O) groups excluding carboxylic acids is 1. The van der Waals surface area contributed by atoms with Gasteiger partial charge in [0.05, 0.1) is 0 Å². The Morgan fingerprint density at radius 3 is 2.83 bits per heavy atom. The number of halogens is 1. The highest BCUT2D eigenvalue weighted by atomic mass is 35.5. The van der Waals surface area contributed by atoms with Gasteiger partial charge in [0.25, 0.3) is 0 Å². The summed E-state index contributed by atoms with van der Waals surface area (Å²) >= 11 is 6.06. The molecule has 3 rings (SSSR count). The Bertz CT molecular complexity index is 572. The first kappa shape index (κ1) is 11.8. The molecule has 0 spiro atoms. The monoisotopic (exact) mass is 261 g/mol. The van der Waals surface area contributed by atoms with Crippen LogP contribution in [0.15, 0.2) is 23.9 Å². The van der Waals surface area contributed by atoms with Crippen LogP contribution in [0.2, 0.25) is 5.02 Å². The average Bonchev–Trinajstić information content (AvgIpc) is 2.26. The lowest BCUT2D eigenvalue weighted by atomic mass is 9.70. The molecule has 0 fully saturated rings. The van der Waals surface area contributed by atoms with Crippen LogP contribution >= 0.6 is 11.6 Å². The minimum Gasteiger partial charge on any atom is -0.329 e. The third-order valence-corrected chi connectivity index (χ3v) is 4.09. The number of amides is 1. The third kappa shape index (κ3) is 1.76. The second-order valence-electron chi connectivity index (χ2n) is 5.76. The number of allylic oxidation sites excluding steroid dienone is 2. The highest BCUT2D eigenvalue weighted by Crippen LogP contribution is 2.46. The zero-order chi connectivity index (χ0) is 12.9. The van der Waals surface area contributed by atoms with E-state index >= 15 is 0 Å². The third-order valence-electron chi connectivity index (χ3n) is 3.85. The van der Waals surface area contributed by atoms with E-state index in [1.807, 2.05) is 12.1 Å². The van der Waals surface area contributed by atoms with Crippen molar-refractivity contribution in [2.24, 2.45) is 5.41 Å². The Morgan fingerprint density at radius 1 is 1.28 bits per heavy atom. The summed E-state index contributed by atoms with van der Waals surface area (Å²) in [5.41, 5.74) is 4.85. The topological polar surface area (TPSA) is 29.1 Å². The first-order valence-corrected chi connectivity index (χ1v) is 6.67. The van der Waals surface area contributed by atoms with Gasteiger partial charge in [0.1, 0.15) is 0 Å². The highest BCUT2D eigenvalue weighted by Gasteiger charge is 2.37. The fraction of sp³-hybridized carbons (Fsp3) is 0.400. The van der Waals surface area contributed by atoms with E-state index < -0.39 is 0 Å². The molecule has 0 unspecified atom stereocenters. The molecule has 0 radical (unpaired) electrons. The smallest absolute Gasteiger partial charge is 0.225 e. The van der Waals surface area contributed by atoms with Gasteiger partial charge >= 0.3 is 0 Å². The molecule has 1 aliphatic heterocycles. The van der Waals surface area contributed by atoms with E-state index in [0.717, 1.165) is 23.6 Å². The van der Waals surface area contributed by atoms with Crippen molar-refractivity contribution in [1.29, 1.82) is 0 Å². The molecule has 1 N–H and O–H groups in total. The van der Waals surface area contributed by atoms with Crippen molar-refractivity contribution < 1.29 is 4.79 Å². The molecule has 0 atom stereocenters. The number of benzene rings is 1. The summed E-state index contributed by atoms with van der Waals surface area (Å²) in [7, 11) is 0. The van der Waals surface area contributed by atoms with Crippen LogP contribution in [0.25, 0.3) is 5.57 Å². The van der Waals surface area contributed by atoms with Crippen molar-refractivity contribution in [2.45, 2.75) is 33.1 Å². The second kappa shape index (κ2) is 3.86. The zero-order valence-electron chi connectivity index (χ0n) is 10.6. The van der Waals surface area contributed by atoms with Gasteiger partial charge in [-0.25, -0.2) is 0 Å². The number of carbonyl (C=O) groups is 1. The number of hydrogen-bond acceptors (Lipinski definition) is 1. The van der Waals surface area contributed by atoms with E-state index in [4.69, 9.17) is 11.6 Å². The number of fused-ring (bicyclic) bond motifs is 2. The van der Waals surface area contributed by atoms with Gasteiger partial charge in [-0.1, -0.05) is 31.5 Å². The van der Waals surface area contributed by atoms with Gasteiger partial charge in [-0.15, -0.1) is 0 Å². The predicted molar refractivity (Wildman–Crippen MR) is 73.2 cm³/mol. The van der Waals surface area contributed by atoms with Gasteiger partial charge in [-0.2, -0.15) is 0 Å². The predicted octanol–water partition coefficient (Wildman–Crippen LogP) is 3.54. The Morgan fingerprint density at radius 2 is 2.06 bits per heavy atom. The molecule has 3 heteroatoms. The van der Waals surface area contributed by atoms with E-state index in [-0.39, 0.29) is 11.3 Å². The highest BCUT2D eigenvalue weighted by molar-refractivity contribution is 6.30. The van der Waals surface area contributed by atoms with Crippen LogP contribution in [0.4, 0.5) is 0 Å². The summed E-state index contributed by atoms with van der Waals surface area (Å²) < 4.78 is 0. The van der Waals surface area contributed by atoms with Crippen LogP contribution in [0, 0.1) is 5.41 Å². The summed E-state index contributed by atoms with van der Waals surface area (Å²) in [5, 5.41) is 3.82. The summed E-state index contributed by atoms with van der Waals surface area (Å²) in [6.45, 7) is 4.29. The van der Waals surface area contributed by atoms with E-state index in [1.54, 1.807) is 0 Å². The maximum atomic E-state index is 11.7. The molecule has 1 aromatic carbocycles. The van der Waals surface area contributed by atoms with Crippen LogP contribution in [-0.2, 0) is 11.2 Å². The number of rotatable bonds is 0. The lowest BCUT2D eigenvalue weighted by Gasteiger charge is -2.38. The Labute approximate surface area is 112 Å². The van der Waals surface area contributed by atoms with Crippen LogP contribution < -0.4 is 5.32 Å². The fourth-order valence-electron chi connectivity index (χ4n) is 3.16. The van der Waals surface area contributed by atoms with E-state index in [0.29, 0.717) is 6.42 Å². The fourth-order valence-corrected chi connectivity index (χ4v) is 3.36. The first-order valence-electron chi connectivity index (χ1n) is 6.30. The van der Waals surface area contributed by atoms with Crippen LogP contribution in [0.5, 0.6) is 0 Å². The summed E-state index contributed by atoms with van der Waals surface area (Å²) in [5.74, 6) is 0.135. The van der Waals surface area contributed by atoms with E-state index in [9.17, 15) is 4.79 Å². The Balaban J connectivity index is 2.20. The van der Waals surface area contributed by atoms with Crippen molar-refractivity contribution in [1.82, 2.24) is 5.32 Å². The number of hydrogen-bond donors (Lipinski definition) is 1. The second-order valence-corrected chi connectivity index (χ2v) is 6.20. The van der Waals surface area contributed by atoms with Crippen molar-refractivity contribution in [2.75, 3.05) is 0 Å². The van der Waals surface area contributed by atoms with Crippen LogP contribution in [0.1, 0.15) is 37.8 Å². The number of aryl methyl sites for hydroxylation is 1. The lowest BCUT2D eigenvalue weighted by Crippen LogP contribution is -2.38. The van der Waals surface area contributed by atoms with Crippen molar-refractivity contribution >= 4 is 23.1 Å². The van der Waals surface area contributed by atoms with E-state index in [2.05, 4.69) is 25.2 Å². The normalized spacial score (nSPS) is 21.2. The van der Waals surface area contributed by atoms with Gasteiger partial charge in [0.2, 0.25) is 5.91 Å². The molecule has 0 aromatic heterocycles. The summed E-state index contributed by atoms with van der Waals surface area (Å²) in [4.78, 5) is 11.7. The average molecular weight is 262 g/mol. The molecule has 1 aliphatic carbocycles. The molecule has 0 saturated heterocycles. The molecule has 2 nitrogen and oxygen atoms in total. The van der Waals surface area contributed by atoms with Crippen molar-refractivity contribution in [3.8, 4) is 0 Å². The SMILES string of the molecule is CC1(C)CC(=O)NC2=C1c1ccc(Cl)cc1CC2. The summed E-state index contributed by atoms with van der Waals surface area (Å²) in [6.07, 6.45) is 2.40. The van der Waals surface area contributed by atoms with Gasteiger partial charge in [0.15, 0.2) is 0 Å². The maximum absolute atomic E-state index is 11.7. The summed E-state index contributed by atoms with van der Waals surface area (Å²) in [6, 6.07) is 6.07. The minimum absolute atomic E-state index is 0.0966. The Hall–Kier alpha value is -1.28. The Kier molecular flexibility index (Phi) is 2.53. The maximum Gasteiger partial charge on any atom is 0.225 e. The van der Waals surface area contributed by atoms with Crippen LogP contribution in [-0.4, -0.2) is 5.91 Å². The quantitative estimate of drug-likeness (QED) is 0.760. The molecule has 18 heavy (non-hydrogen) atoms. The van der Waals surface area contributed by atoms with Gasteiger partial charge in [0, 0.05) is 22.6 Å². The molecule has 1 aromatic rings. The van der Waals surface area contributed by atoms with Gasteiger partial charge in [-0.3, -0.25) is 4.79 Å². The lowest BCUT2D eigenvalue weighted by molar-refractivity contribution is -0.122. The molecule has 0 bridgehead atoms. The van der Waals surface area contributed by atoms with Crippen LogP contribution in [0.3, 0.4) is 0 Å². The molecule has 1 amide bonds. The molecule has 0 saturated carbocycles.